The van der Waals surface area contributed by atoms with Gasteiger partial charge in [-0.15, -0.1) is 11.8 Å². The van der Waals surface area contributed by atoms with Gasteiger partial charge in [0, 0.05) is 18.8 Å². The molecule has 0 saturated heterocycles. The Morgan fingerprint density at radius 2 is 2.10 bits per heavy atom. The maximum atomic E-state index is 11.8. The van der Waals surface area contributed by atoms with Crippen LogP contribution in [0.4, 0.5) is 0 Å². The summed E-state index contributed by atoms with van der Waals surface area (Å²) in [6.45, 7) is 7.76. The van der Waals surface area contributed by atoms with Gasteiger partial charge in [-0.2, -0.15) is 0 Å². The van der Waals surface area contributed by atoms with E-state index < -0.39 is 6.10 Å². The highest BCUT2D eigenvalue weighted by Crippen LogP contribution is 2.50. The molecule has 7 atom stereocenters. The third-order valence-electron chi connectivity index (χ3n) is 6.75. The Hall–Kier alpha value is -1.57. The van der Waals surface area contributed by atoms with Crippen molar-refractivity contribution in [2.24, 2.45) is 23.7 Å². The normalized spacial score (nSPS) is 30.0. The van der Waals surface area contributed by atoms with Crippen LogP contribution < -0.4 is 0 Å². The fraction of sp³-hybridized carbons (Fsp3) is 0.731. The molecule has 0 aromatic carbocycles. The number of esters is 1. The Morgan fingerprint density at radius 3 is 2.80 bits per heavy atom. The fourth-order valence-corrected chi connectivity index (χ4v) is 4.67. The first-order valence-corrected chi connectivity index (χ1v) is 11.7. The second-order valence-corrected chi connectivity index (χ2v) is 9.16. The number of hydrogen-bond donors (Lipinski definition) is 2. The van der Waals surface area contributed by atoms with Gasteiger partial charge in [-0.3, -0.25) is 4.79 Å². The molecule has 2 aliphatic rings. The summed E-state index contributed by atoms with van der Waals surface area (Å²) in [7, 11) is 0. The minimum Gasteiger partial charge on any atom is -0.463 e. The van der Waals surface area contributed by atoms with E-state index >= 15 is 0 Å². The first kappa shape index (κ1) is 24.7. The van der Waals surface area contributed by atoms with Gasteiger partial charge in [0.05, 0.1) is 18.3 Å². The molecule has 2 fully saturated rings. The summed E-state index contributed by atoms with van der Waals surface area (Å²) < 4.78 is 5.32. The van der Waals surface area contributed by atoms with Crippen LogP contribution in [0.25, 0.3) is 0 Å². The average molecular weight is 417 g/mol. The van der Waals surface area contributed by atoms with Crippen molar-refractivity contribution in [1.82, 2.24) is 0 Å². The van der Waals surface area contributed by atoms with Gasteiger partial charge in [-0.1, -0.05) is 37.6 Å². The van der Waals surface area contributed by atoms with Crippen LogP contribution in [0.15, 0.2) is 23.8 Å². The van der Waals surface area contributed by atoms with E-state index in [4.69, 9.17) is 4.74 Å². The molecule has 2 saturated carbocycles. The molecule has 2 aliphatic carbocycles. The van der Waals surface area contributed by atoms with Gasteiger partial charge in [0.15, 0.2) is 0 Å². The maximum absolute atomic E-state index is 11.8. The van der Waals surface area contributed by atoms with Gasteiger partial charge in [0.2, 0.25) is 0 Å². The van der Waals surface area contributed by atoms with Crippen molar-refractivity contribution >= 4 is 5.97 Å². The molecular formula is C26H40O4. The van der Waals surface area contributed by atoms with Gasteiger partial charge < -0.3 is 14.9 Å². The quantitative estimate of drug-likeness (QED) is 0.232. The monoisotopic (exact) mass is 416 g/mol. The number of rotatable bonds is 10. The molecule has 2 rings (SSSR count). The molecular weight excluding hydrogens is 376 g/mol. The van der Waals surface area contributed by atoms with Crippen molar-refractivity contribution in [1.29, 1.82) is 0 Å². The summed E-state index contributed by atoms with van der Waals surface area (Å²) in [6, 6.07) is 0. The minimum absolute atomic E-state index is 0.00237. The Morgan fingerprint density at radius 1 is 1.33 bits per heavy atom. The lowest BCUT2D eigenvalue weighted by atomic mass is 9.89. The molecule has 2 unspecified atom stereocenters. The molecule has 0 radical (unpaired) electrons. The molecule has 4 heteroatoms. The van der Waals surface area contributed by atoms with Crippen molar-refractivity contribution in [2.45, 2.75) is 97.4 Å². The molecule has 30 heavy (non-hydrogen) atoms. The van der Waals surface area contributed by atoms with Gasteiger partial charge in [0.1, 0.15) is 0 Å². The molecule has 0 heterocycles. The van der Waals surface area contributed by atoms with E-state index in [2.05, 4.69) is 17.9 Å². The van der Waals surface area contributed by atoms with Crippen molar-refractivity contribution < 1.29 is 19.7 Å². The van der Waals surface area contributed by atoms with Gasteiger partial charge >= 0.3 is 5.97 Å². The summed E-state index contributed by atoms with van der Waals surface area (Å²) in [5.74, 6) is 6.98. The van der Waals surface area contributed by atoms with E-state index in [-0.39, 0.29) is 30.0 Å². The summed E-state index contributed by atoms with van der Waals surface area (Å²) in [4.78, 5) is 11.8. The third kappa shape index (κ3) is 7.29. The summed E-state index contributed by atoms with van der Waals surface area (Å²) >= 11 is 0. The lowest BCUT2D eigenvalue weighted by Gasteiger charge is -2.19. The highest BCUT2D eigenvalue weighted by molar-refractivity contribution is 5.69. The van der Waals surface area contributed by atoms with E-state index in [1.165, 1.54) is 5.57 Å². The van der Waals surface area contributed by atoms with Crippen molar-refractivity contribution in [3.05, 3.63) is 23.8 Å². The Labute approximate surface area is 182 Å². The van der Waals surface area contributed by atoms with Gasteiger partial charge in [-0.25, -0.2) is 0 Å². The highest BCUT2D eigenvalue weighted by Gasteiger charge is 2.44. The standard InChI is InChI=1S/C26H40O4/c1-5-7-10-18(3)24(27)14-13-22-23-16-20(15-21(23)17-25(22)28)11-8-9-12-26(29)30-19(4)6-2/h11,13-14,18-19,21-25,27-28H,6,8-10,12,15-17H2,1-4H3/b14-13+,20-11+/t18?,19?,21-,22+,23-,24+,25+/m0/s1. The number of aliphatic hydroxyl groups is 2. The number of carbonyl (C=O) groups excluding carboxylic acids is 1. The summed E-state index contributed by atoms with van der Waals surface area (Å²) in [6.07, 6.45) is 12.0. The number of hydrogen-bond acceptors (Lipinski definition) is 4. The summed E-state index contributed by atoms with van der Waals surface area (Å²) in [5.41, 5.74) is 1.46. The van der Waals surface area contributed by atoms with Crippen LogP contribution in [0, 0.1) is 35.5 Å². The molecule has 0 aliphatic heterocycles. The average Bonchev–Trinajstić information content (AvgIpc) is 3.23. The van der Waals surface area contributed by atoms with Crippen LogP contribution in [0.2, 0.25) is 0 Å². The second kappa shape index (κ2) is 12.3. The zero-order valence-corrected chi connectivity index (χ0v) is 19.1. The third-order valence-corrected chi connectivity index (χ3v) is 6.75. The molecule has 4 nitrogen and oxygen atoms in total. The molecule has 2 N–H and O–H groups in total. The molecule has 0 bridgehead atoms. The van der Waals surface area contributed by atoms with Crippen LogP contribution in [0.5, 0.6) is 0 Å². The smallest absolute Gasteiger partial charge is 0.306 e. The Kier molecular flexibility index (Phi) is 10.1. The van der Waals surface area contributed by atoms with Gasteiger partial charge in [-0.05, 0) is 70.1 Å². The highest BCUT2D eigenvalue weighted by atomic mass is 16.5. The van der Waals surface area contributed by atoms with Crippen molar-refractivity contribution in [3.8, 4) is 11.8 Å². The van der Waals surface area contributed by atoms with E-state index in [1.54, 1.807) is 0 Å². The largest absolute Gasteiger partial charge is 0.463 e. The Bertz CT molecular complexity index is 668. The summed E-state index contributed by atoms with van der Waals surface area (Å²) in [5, 5.41) is 20.9. The lowest BCUT2D eigenvalue weighted by molar-refractivity contribution is -0.148. The Balaban J connectivity index is 1.81. The number of aliphatic hydroxyl groups excluding tert-OH is 2. The number of fused-ring (bicyclic) bond motifs is 1. The fourth-order valence-electron chi connectivity index (χ4n) is 4.67. The number of allylic oxidation sites excluding steroid dienone is 2. The van der Waals surface area contributed by atoms with Crippen molar-refractivity contribution in [2.75, 3.05) is 0 Å². The van der Waals surface area contributed by atoms with Crippen LogP contribution >= 0.6 is 0 Å². The minimum atomic E-state index is -0.524. The first-order valence-electron chi connectivity index (χ1n) is 11.7. The molecule has 0 spiro atoms. The number of carbonyl (C=O) groups is 1. The van der Waals surface area contributed by atoms with Crippen molar-refractivity contribution in [3.63, 3.8) is 0 Å². The predicted molar refractivity (Wildman–Crippen MR) is 120 cm³/mol. The van der Waals surface area contributed by atoms with E-state index in [9.17, 15) is 15.0 Å². The number of ether oxygens (including phenoxy) is 1. The SMILES string of the molecule is CC#CCC(C)[C@H](O)/C=C/[C@@H]1[C@H]2C/C(=C/CCCC(=O)OC(C)CC)C[C@H]2C[C@H]1O. The van der Waals surface area contributed by atoms with E-state index in [0.717, 1.165) is 38.5 Å². The predicted octanol–water partition coefficient (Wildman–Crippen LogP) is 4.80. The van der Waals surface area contributed by atoms with E-state index in [1.807, 2.05) is 39.8 Å². The second-order valence-electron chi connectivity index (χ2n) is 9.16. The first-order chi connectivity index (χ1) is 14.3. The molecule has 168 valence electrons. The number of unbranched alkanes of at least 4 members (excludes halogenated alkanes) is 1. The molecule has 0 aromatic rings. The topological polar surface area (TPSA) is 66.8 Å². The van der Waals surface area contributed by atoms with Crippen LogP contribution in [0.1, 0.15) is 79.1 Å². The zero-order valence-electron chi connectivity index (χ0n) is 19.1. The van der Waals surface area contributed by atoms with E-state index in [0.29, 0.717) is 24.7 Å². The maximum Gasteiger partial charge on any atom is 0.306 e. The zero-order chi connectivity index (χ0) is 22.1. The van der Waals surface area contributed by atoms with Crippen LogP contribution in [0.3, 0.4) is 0 Å². The van der Waals surface area contributed by atoms with Gasteiger partial charge in [0.25, 0.3) is 0 Å². The lowest BCUT2D eigenvalue weighted by Crippen LogP contribution is -2.19. The van der Waals surface area contributed by atoms with Crippen LogP contribution in [-0.4, -0.2) is 34.5 Å². The molecule has 0 aromatic heterocycles. The molecule has 0 amide bonds. The van der Waals surface area contributed by atoms with Crippen LogP contribution in [-0.2, 0) is 9.53 Å².